The predicted octanol–water partition coefficient (Wildman–Crippen LogP) is 3.29. The van der Waals surface area contributed by atoms with Crippen LogP contribution in [0, 0.1) is 29.6 Å². The van der Waals surface area contributed by atoms with Gasteiger partial charge in [0.1, 0.15) is 6.10 Å². The summed E-state index contributed by atoms with van der Waals surface area (Å²) in [5.41, 5.74) is 0.716. The largest absolute Gasteiger partial charge is 0.481 e. The van der Waals surface area contributed by atoms with Gasteiger partial charge in [-0.1, -0.05) is 50.0 Å². The van der Waals surface area contributed by atoms with Crippen molar-refractivity contribution in [2.75, 3.05) is 7.11 Å². The molecule has 3 saturated carbocycles. The predicted molar refractivity (Wildman–Crippen MR) is 107 cm³/mol. The smallest absolute Gasteiger partial charge is 0.303 e. The molecule has 3 aliphatic carbocycles. The number of aliphatic hydroxyl groups is 2. The van der Waals surface area contributed by atoms with Crippen molar-refractivity contribution in [3.8, 4) is 11.8 Å². The lowest BCUT2D eigenvalue weighted by Crippen LogP contribution is -2.59. The Kier molecular flexibility index (Phi) is 7.20. The first-order chi connectivity index (χ1) is 13.5. The number of carboxylic acid groups (broad SMARTS) is 1. The number of allylic oxidation sites excluding steroid dienone is 1. The fraction of sp³-hybridized carbons (Fsp3) is 0.783. The third-order valence-corrected chi connectivity index (χ3v) is 7.05. The monoisotopic (exact) mass is 390 g/mol. The summed E-state index contributed by atoms with van der Waals surface area (Å²) in [4.78, 5) is 10.8. The number of ether oxygens (including phenoxy) is 1. The first kappa shape index (κ1) is 21.4. The second-order valence-corrected chi connectivity index (χ2v) is 8.74. The Labute approximate surface area is 168 Å². The number of carbonyl (C=O) groups is 1. The van der Waals surface area contributed by atoms with Crippen LogP contribution in [0.2, 0.25) is 0 Å². The molecule has 0 aliphatic heterocycles. The second kappa shape index (κ2) is 9.43. The standard InChI is InChI=1S/C23H34O5/c1-28-23-13-12-21(25)19(20(23)15-17(23)8-5-9-22(26)27)11-10-18(24)14-16-6-3-2-4-7-16/h8,16,18-21,24-25H,2-7,9,12-15H2,1H3,(H,26,27)/t18?,19-,20-,21-,23+/m0/s1. The van der Waals surface area contributed by atoms with Gasteiger partial charge in [0.15, 0.2) is 0 Å². The van der Waals surface area contributed by atoms with Gasteiger partial charge in [-0.15, -0.1) is 0 Å². The molecule has 0 saturated heterocycles. The second-order valence-electron chi connectivity index (χ2n) is 8.74. The zero-order chi connectivity index (χ0) is 20.1. The Bertz CT molecular complexity index is 639. The van der Waals surface area contributed by atoms with Gasteiger partial charge in [0.05, 0.1) is 17.6 Å². The lowest BCUT2D eigenvalue weighted by molar-refractivity contribution is -0.139. The highest BCUT2D eigenvalue weighted by atomic mass is 16.5. The molecule has 5 nitrogen and oxygen atoms in total. The highest BCUT2D eigenvalue weighted by Crippen LogP contribution is 2.56. The first-order valence-electron chi connectivity index (χ1n) is 10.8. The summed E-state index contributed by atoms with van der Waals surface area (Å²) < 4.78 is 5.90. The maximum absolute atomic E-state index is 10.8. The normalized spacial score (nSPS) is 35.4. The highest BCUT2D eigenvalue weighted by molar-refractivity contribution is 5.66. The SMILES string of the molecule is CO[C@@]12CC[C@H](O)[C@@H](C#CC(O)CC3CCCCC3)[C@@H]1CC2=CCCC(=O)O. The van der Waals surface area contributed by atoms with Crippen LogP contribution in [-0.2, 0) is 9.53 Å². The van der Waals surface area contributed by atoms with Gasteiger partial charge in [-0.2, -0.15) is 0 Å². The molecule has 3 aliphatic rings. The van der Waals surface area contributed by atoms with Gasteiger partial charge in [-0.25, -0.2) is 0 Å². The molecule has 1 unspecified atom stereocenters. The van der Waals surface area contributed by atoms with Gasteiger partial charge in [0, 0.05) is 19.4 Å². The molecule has 28 heavy (non-hydrogen) atoms. The Balaban J connectivity index is 1.64. The summed E-state index contributed by atoms with van der Waals surface area (Å²) in [5, 5.41) is 29.8. The molecular formula is C23H34O5. The Morgan fingerprint density at radius 3 is 2.75 bits per heavy atom. The van der Waals surface area contributed by atoms with Crippen molar-refractivity contribution in [2.24, 2.45) is 17.8 Å². The molecule has 5 atom stereocenters. The number of fused-ring (bicyclic) bond motifs is 1. The minimum atomic E-state index is -0.797. The minimum absolute atomic E-state index is 0.103. The van der Waals surface area contributed by atoms with Gasteiger partial charge in [-0.3, -0.25) is 4.79 Å². The Morgan fingerprint density at radius 1 is 1.32 bits per heavy atom. The van der Waals surface area contributed by atoms with E-state index in [2.05, 4.69) is 11.8 Å². The number of methoxy groups -OCH3 is 1. The highest BCUT2D eigenvalue weighted by Gasteiger charge is 2.58. The molecule has 0 aromatic rings. The van der Waals surface area contributed by atoms with Gasteiger partial charge in [-0.05, 0) is 43.6 Å². The quantitative estimate of drug-likeness (QED) is 0.479. The lowest BCUT2D eigenvalue weighted by atomic mass is 9.53. The number of hydrogen-bond donors (Lipinski definition) is 3. The molecule has 0 spiro atoms. The number of aliphatic hydroxyl groups excluding tert-OH is 2. The molecule has 3 N–H and O–H groups in total. The van der Waals surface area contributed by atoms with Crippen LogP contribution in [0.3, 0.4) is 0 Å². The van der Waals surface area contributed by atoms with Crippen molar-refractivity contribution in [3.05, 3.63) is 11.6 Å². The zero-order valence-electron chi connectivity index (χ0n) is 16.9. The van der Waals surface area contributed by atoms with E-state index in [1.165, 1.54) is 32.1 Å². The molecule has 5 heteroatoms. The van der Waals surface area contributed by atoms with Crippen molar-refractivity contribution < 1.29 is 24.9 Å². The van der Waals surface area contributed by atoms with Gasteiger partial charge >= 0.3 is 5.97 Å². The van der Waals surface area contributed by atoms with Crippen LogP contribution in [0.1, 0.15) is 70.6 Å². The first-order valence-corrected chi connectivity index (χ1v) is 10.8. The number of rotatable bonds is 6. The summed E-state index contributed by atoms with van der Waals surface area (Å²) in [7, 11) is 1.69. The number of carboxylic acids is 1. The van der Waals surface area contributed by atoms with Crippen LogP contribution in [0.4, 0.5) is 0 Å². The van der Waals surface area contributed by atoms with Crippen molar-refractivity contribution in [2.45, 2.75) is 88.4 Å². The van der Waals surface area contributed by atoms with E-state index in [4.69, 9.17) is 9.84 Å². The van der Waals surface area contributed by atoms with Crippen molar-refractivity contribution in [1.82, 2.24) is 0 Å². The number of aliphatic carboxylic acids is 1. The molecule has 0 aromatic heterocycles. The fourth-order valence-corrected chi connectivity index (χ4v) is 5.45. The van der Waals surface area contributed by atoms with Crippen LogP contribution in [-0.4, -0.2) is 46.2 Å². The summed E-state index contributed by atoms with van der Waals surface area (Å²) in [6.07, 6.45) is 10.5. The third kappa shape index (κ3) is 4.62. The Hall–Kier alpha value is -1.35. The summed E-state index contributed by atoms with van der Waals surface area (Å²) in [6, 6.07) is 0. The molecule has 0 radical (unpaired) electrons. The van der Waals surface area contributed by atoms with E-state index in [-0.39, 0.29) is 18.3 Å². The van der Waals surface area contributed by atoms with Crippen LogP contribution >= 0.6 is 0 Å². The van der Waals surface area contributed by atoms with Crippen LogP contribution < -0.4 is 0 Å². The van der Waals surface area contributed by atoms with E-state index in [1.54, 1.807) is 7.11 Å². The summed E-state index contributed by atoms with van der Waals surface area (Å²) in [5.74, 6) is 5.89. The summed E-state index contributed by atoms with van der Waals surface area (Å²) in [6.45, 7) is 0. The van der Waals surface area contributed by atoms with Gasteiger partial charge in [0.2, 0.25) is 0 Å². The molecule has 0 heterocycles. The molecule has 3 rings (SSSR count). The van der Waals surface area contributed by atoms with E-state index >= 15 is 0 Å². The molecule has 0 amide bonds. The minimum Gasteiger partial charge on any atom is -0.481 e. The topological polar surface area (TPSA) is 87.0 Å². The fourth-order valence-electron chi connectivity index (χ4n) is 5.45. The van der Waals surface area contributed by atoms with E-state index in [9.17, 15) is 15.0 Å². The maximum atomic E-state index is 10.8. The average Bonchev–Trinajstić information content (AvgIpc) is 2.66. The molecule has 3 fully saturated rings. The van der Waals surface area contributed by atoms with Crippen molar-refractivity contribution in [1.29, 1.82) is 0 Å². The van der Waals surface area contributed by atoms with Crippen LogP contribution in [0.15, 0.2) is 11.6 Å². The maximum Gasteiger partial charge on any atom is 0.303 e. The third-order valence-electron chi connectivity index (χ3n) is 7.05. The lowest BCUT2D eigenvalue weighted by Gasteiger charge is -2.57. The van der Waals surface area contributed by atoms with E-state index in [0.29, 0.717) is 18.8 Å². The van der Waals surface area contributed by atoms with Crippen LogP contribution in [0.25, 0.3) is 0 Å². The molecule has 0 aromatic carbocycles. The van der Waals surface area contributed by atoms with E-state index in [0.717, 1.165) is 24.8 Å². The molecular weight excluding hydrogens is 356 g/mol. The van der Waals surface area contributed by atoms with Crippen LogP contribution in [0.5, 0.6) is 0 Å². The molecule has 156 valence electrons. The average molecular weight is 391 g/mol. The van der Waals surface area contributed by atoms with Crippen molar-refractivity contribution in [3.63, 3.8) is 0 Å². The Morgan fingerprint density at radius 2 is 2.07 bits per heavy atom. The molecule has 0 bridgehead atoms. The van der Waals surface area contributed by atoms with Gasteiger partial charge < -0.3 is 20.1 Å². The van der Waals surface area contributed by atoms with Crippen molar-refractivity contribution >= 4 is 5.97 Å². The zero-order valence-corrected chi connectivity index (χ0v) is 16.9. The number of hydrogen-bond acceptors (Lipinski definition) is 4. The van der Waals surface area contributed by atoms with E-state index < -0.39 is 23.8 Å². The van der Waals surface area contributed by atoms with Gasteiger partial charge in [0.25, 0.3) is 0 Å². The van der Waals surface area contributed by atoms with E-state index in [1.807, 2.05) is 6.08 Å². The summed E-state index contributed by atoms with van der Waals surface area (Å²) >= 11 is 0.